The molecule has 0 atom stereocenters. The number of nitrogens with two attached hydrogens (primary N) is 1. The quantitative estimate of drug-likeness (QED) is 0.524. The molecule has 0 saturated heterocycles. The fourth-order valence-corrected chi connectivity index (χ4v) is 3.08. The average molecular weight is 395 g/mol. The lowest BCUT2D eigenvalue weighted by Gasteiger charge is -2.02. The summed E-state index contributed by atoms with van der Waals surface area (Å²) in [5.74, 6) is -0.0647. The Labute approximate surface area is 165 Å². The van der Waals surface area contributed by atoms with Crippen LogP contribution in [0.1, 0.15) is 11.3 Å². The van der Waals surface area contributed by atoms with Crippen LogP contribution in [0, 0.1) is 12.7 Å². The van der Waals surface area contributed by atoms with Crippen molar-refractivity contribution in [1.29, 1.82) is 0 Å². The maximum absolute atomic E-state index is 13.2. The summed E-state index contributed by atoms with van der Waals surface area (Å²) < 4.78 is 16.2. The van der Waals surface area contributed by atoms with Gasteiger partial charge < -0.3 is 5.73 Å². The fraction of sp³-hybridized carbons (Fsp3) is 0.0500. The van der Waals surface area contributed by atoms with Gasteiger partial charge in [0, 0.05) is 5.56 Å². The van der Waals surface area contributed by atoms with Gasteiger partial charge in [-0.2, -0.15) is 10.2 Å². The summed E-state index contributed by atoms with van der Waals surface area (Å²) in [5, 5.41) is 9.15. The fourth-order valence-electron chi connectivity index (χ4n) is 2.76. The molecule has 2 N–H and O–H groups in total. The van der Waals surface area contributed by atoms with Gasteiger partial charge in [-0.3, -0.25) is 0 Å². The third kappa shape index (κ3) is 3.39. The Balaban J connectivity index is 1.66. The molecular formula is C20H16ClFN6. The molecule has 0 spiro atoms. The van der Waals surface area contributed by atoms with Crippen LogP contribution in [0.3, 0.4) is 0 Å². The normalized spacial score (nSPS) is 11.4. The number of halogens is 2. The molecular weight excluding hydrogens is 379 g/mol. The van der Waals surface area contributed by atoms with Crippen LogP contribution in [0.4, 0.5) is 10.3 Å². The molecule has 2 heterocycles. The maximum atomic E-state index is 13.2. The van der Waals surface area contributed by atoms with E-state index < -0.39 is 0 Å². The van der Waals surface area contributed by atoms with Crippen molar-refractivity contribution in [3.8, 4) is 16.9 Å². The van der Waals surface area contributed by atoms with Gasteiger partial charge in [0.1, 0.15) is 11.0 Å². The average Bonchev–Trinajstić information content (AvgIpc) is 3.21. The first-order chi connectivity index (χ1) is 13.5. The van der Waals surface area contributed by atoms with Crippen molar-refractivity contribution in [2.45, 2.75) is 6.92 Å². The van der Waals surface area contributed by atoms with Crippen LogP contribution in [0.25, 0.3) is 16.9 Å². The van der Waals surface area contributed by atoms with Crippen molar-refractivity contribution in [2.24, 2.45) is 5.10 Å². The van der Waals surface area contributed by atoms with Crippen LogP contribution in [0.5, 0.6) is 0 Å². The summed E-state index contributed by atoms with van der Waals surface area (Å²) in [6.45, 7) is 1.82. The third-order valence-corrected chi connectivity index (χ3v) is 4.58. The molecule has 4 rings (SSSR count). The molecule has 0 bridgehead atoms. The predicted molar refractivity (Wildman–Crippen MR) is 108 cm³/mol. The predicted octanol–water partition coefficient (Wildman–Crippen LogP) is 4.30. The van der Waals surface area contributed by atoms with Crippen molar-refractivity contribution in [1.82, 2.24) is 19.4 Å². The lowest BCUT2D eigenvalue weighted by Crippen LogP contribution is -1.98. The molecule has 0 fully saturated rings. The number of nitrogen functional groups attached to an aromatic ring is 1. The van der Waals surface area contributed by atoms with Gasteiger partial charge in [-0.05, 0) is 31.2 Å². The SMILES string of the molecule is Cc1nn(-c2ccc(F)cc2)c(Cl)c1/C=N/n1cc(-c2ccccc2)nc1N. The Morgan fingerprint density at radius 1 is 1.11 bits per heavy atom. The second-order valence-electron chi connectivity index (χ2n) is 6.12. The van der Waals surface area contributed by atoms with Crippen molar-refractivity contribution >= 4 is 23.8 Å². The van der Waals surface area contributed by atoms with Gasteiger partial charge in [-0.1, -0.05) is 41.9 Å². The van der Waals surface area contributed by atoms with E-state index in [-0.39, 0.29) is 11.8 Å². The zero-order valence-corrected chi connectivity index (χ0v) is 15.7. The smallest absolute Gasteiger partial charge is 0.221 e. The van der Waals surface area contributed by atoms with Gasteiger partial charge in [0.25, 0.3) is 0 Å². The van der Waals surface area contributed by atoms with E-state index in [1.807, 2.05) is 37.3 Å². The first kappa shape index (κ1) is 17.9. The van der Waals surface area contributed by atoms with Crippen molar-refractivity contribution in [3.63, 3.8) is 0 Å². The highest BCUT2D eigenvalue weighted by atomic mass is 35.5. The molecule has 28 heavy (non-hydrogen) atoms. The Bertz CT molecular complexity index is 1150. The topological polar surface area (TPSA) is 74.0 Å². The van der Waals surface area contributed by atoms with E-state index in [1.165, 1.54) is 21.5 Å². The Hall–Kier alpha value is -3.45. The van der Waals surface area contributed by atoms with Gasteiger partial charge >= 0.3 is 0 Å². The molecule has 6 nitrogen and oxygen atoms in total. The molecule has 0 saturated carbocycles. The standard InChI is InChI=1S/C20H16ClFN6/c1-13-17(19(21)28(26-13)16-9-7-15(22)8-10-16)11-24-27-12-18(25-20(27)23)14-5-3-2-4-6-14/h2-12H,1H3,(H2,23,25)/b24-11+. The zero-order valence-electron chi connectivity index (χ0n) is 14.9. The van der Waals surface area contributed by atoms with Gasteiger partial charge in [-0.15, -0.1) is 0 Å². The minimum Gasteiger partial charge on any atom is -0.368 e. The second kappa shape index (κ2) is 7.28. The van der Waals surface area contributed by atoms with Gasteiger partial charge in [0.15, 0.2) is 0 Å². The number of nitrogens with zero attached hydrogens (tertiary/aromatic N) is 5. The molecule has 0 aliphatic rings. The number of imidazole rings is 1. The second-order valence-corrected chi connectivity index (χ2v) is 6.48. The summed E-state index contributed by atoms with van der Waals surface area (Å²) in [5.41, 5.74) is 9.62. The molecule has 0 amide bonds. The number of hydrogen-bond acceptors (Lipinski definition) is 4. The van der Waals surface area contributed by atoms with Crippen LogP contribution in [0.2, 0.25) is 5.15 Å². The highest BCUT2D eigenvalue weighted by Crippen LogP contribution is 2.23. The Morgan fingerprint density at radius 2 is 1.82 bits per heavy atom. The van der Waals surface area contributed by atoms with E-state index in [0.29, 0.717) is 22.1 Å². The molecule has 0 radical (unpaired) electrons. The monoisotopic (exact) mass is 394 g/mol. The van der Waals surface area contributed by atoms with Gasteiger partial charge in [-0.25, -0.2) is 18.7 Å². The first-order valence-corrected chi connectivity index (χ1v) is 8.86. The number of hydrogen-bond donors (Lipinski definition) is 1. The highest BCUT2D eigenvalue weighted by Gasteiger charge is 2.14. The summed E-state index contributed by atoms with van der Waals surface area (Å²) in [7, 11) is 0. The first-order valence-electron chi connectivity index (χ1n) is 8.48. The zero-order chi connectivity index (χ0) is 19.7. The summed E-state index contributed by atoms with van der Waals surface area (Å²) in [6, 6.07) is 15.6. The number of anilines is 1. The Kier molecular flexibility index (Phi) is 4.67. The van der Waals surface area contributed by atoms with Crippen molar-refractivity contribution in [3.05, 3.63) is 83.0 Å². The lowest BCUT2D eigenvalue weighted by molar-refractivity contribution is 0.627. The van der Waals surface area contributed by atoms with Crippen molar-refractivity contribution < 1.29 is 4.39 Å². The van der Waals surface area contributed by atoms with Crippen LogP contribution in [0.15, 0.2) is 65.9 Å². The summed E-state index contributed by atoms with van der Waals surface area (Å²) in [6.07, 6.45) is 3.33. The molecule has 2 aromatic carbocycles. The van der Waals surface area contributed by atoms with Crippen LogP contribution >= 0.6 is 11.6 Å². The number of rotatable bonds is 4. The summed E-state index contributed by atoms with van der Waals surface area (Å²) >= 11 is 6.47. The minimum atomic E-state index is -0.324. The number of aryl methyl sites for hydroxylation is 1. The van der Waals surface area contributed by atoms with Crippen LogP contribution in [-0.4, -0.2) is 25.7 Å². The number of aromatic nitrogens is 4. The van der Waals surface area contributed by atoms with E-state index in [2.05, 4.69) is 15.2 Å². The highest BCUT2D eigenvalue weighted by molar-refractivity contribution is 6.32. The van der Waals surface area contributed by atoms with Crippen LogP contribution in [-0.2, 0) is 0 Å². The van der Waals surface area contributed by atoms with E-state index in [4.69, 9.17) is 17.3 Å². The van der Waals surface area contributed by atoms with Crippen molar-refractivity contribution in [2.75, 3.05) is 5.73 Å². The molecule has 0 unspecified atom stereocenters. The maximum Gasteiger partial charge on any atom is 0.221 e. The largest absolute Gasteiger partial charge is 0.368 e. The van der Waals surface area contributed by atoms with E-state index in [1.54, 1.807) is 24.5 Å². The minimum absolute atomic E-state index is 0.259. The summed E-state index contributed by atoms with van der Waals surface area (Å²) in [4.78, 5) is 4.34. The van der Waals surface area contributed by atoms with Crippen LogP contribution < -0.4 is 5.73 Å². The van der Waals surface area contributed by atoms with E-state index in [0.717, 1.165) is 11.3 Å². The lowest BCUT2D eigenvalue weighted by atomic mass is 10.2. The van der Waals surface area contributed by atoms with Gasteiger partial charge in [0.2, 0.25) is 5.95 Å². The van der Waals surface area contributed by atoms with E-state index >= 15 is 0 Å². The Morgan fingerprint density at radius 3 is 2.54 bits per heavy atom. The molecule has 2 aromatic heterocycles. The van der Waals surface area contributed by atoms with E-state index in [9.17, 15) is 4.39 Å². The molecule has 0 aliphatic carbocycles. The van der Waals surface area contributed by atoms with Gasteiger partial charge in [0.05, 0.1) is 35.1 Å². The molecule has 140 valence electrons. The third-order valence-electron chi connectivity index (χ3n) is 4.21. The molecule has 8 heteroatoms. The molecule has 0 aliphatic heterocycles. The molecule has 4 aromatic rings. The number of benzene rings is 2.